The van der Waals surface area contributed by atoms with Gasteiger partial charge in [-0.2, -0.15) is 9.41 Å². The van der Waals surface area contributed by atoms with Crippen molar-refractivity contribution in [3.8, 4) is 5.75 Å². The summed E-state index contributed by atoms with van der Waals surface area (Å²) in [4.78, 5) is 12.6. The van der Waals surface area contributed by atoms with Crippen LogP contribution in [0.25, 0.3) is 0 Å². The number of halogens is 2. The smallest absolute Gasteiger partial charge is 0.255 e. The molecule has 0 aromatic heterocycles. The summed E-state index contributed by atoms with van der Waals surface area (Å²) in [6, 6.07) is 20.4. The predicted molar refractivity (Wildman–Crippen MR) is 134 cm³/mol. The third-order valence-corrected chi connectivity index (χ3v) is 7.41. The number of carbonyl (C=O) groups is 1. The molecule has 10 heteroatoms. The van der Waals surface area contributed by atoms with Gasteiger partial charge in [-0.3, -0.25) is 4.79 Å². The van der Waals surface area contributed by atoms with Crippen LogP contribution in [0.3, 0.4) is 0 Å². The summed E-state index contributed by atoms with van der Waals surface area (Å²) in [6.07, 6.45) is 1.75. The Labute approximate surface area is 209 Å². The van der Waals surface area contributed by atoms with E-state index in [0.29, 0.717) is 27.8 Å². The number of hydrazone groups is 1. The van der Waals surface area contributed by atoms with Gasteiger partial charge in [-0.15, -0.1) is 0 Å². The first-order chi connectivity index (χ1) is 16.3. The van der Waals surface area contributed by atoms with E-state index in [1.54, 1.807) is 30.3 Å². The van der Waals surface area contributed by atoms with Crippen LogP contribution in [0, 0.1) is 0 Å². The number of nitrogens with one attached hydrogen (secondary N) is 1. The molecule has 0 aliphatic heterocycles. The summed E-state index contributed by atoms with van der Waals surface area (Å²) in [7, 11) is -2.46. The fourth-order valence-corrected chi connectivity index (χ4v) is 4.97. The zero-order valence-corrected chi connectivity index (χ0v) is 20.6. The number of nitrogens with zero attached hydrogens (tertiary/aromatic N) is 2. The monoisotopic (exact) mass is 519 g/mol. The molecule has 3 aromatic rings. The van der Waals surface area contributed by atoms with Crippen molar-refractivity contribution in [2.24, 2.45) is 5.10 Å². The van der Waals surface area contributed by atoms with Gasteiger partial charge in [0.05, 0.1) is 34.8 Å². The Balaban J connectivity index is 1.76. The van der Waals surface area contributed by atoms with Crippen molar-refractivity contribution in [3.63, 3.8) is 0 Å². The molecule has 0 bridgehead atoms. The molecule has 0 aliphatic rings. The topological polar surface area (TPSA) is 88.1 Å². The van der Waals surface area contributed by atoms with Gasteiger partial charge in [0.15, 0.2) is 0 Å². The Kier molecular flexibility index (Phi) is 9.06. The van der Waals surface area contributed by atoms with Crippen LogP contribution in [0.1, 0.15) is 11.1 Å². The first kappa shape index (κ1) is 25.7. The lowest BCUT2D eigenvalue weighted by atomic mass is 10.1. The zero-order chi connectivity index (χ0) is 24.6. The van der Waals surface area contributed by atoms with Crippen molar-refractivity contribution in [2.45, 2.75) is 11.3 Å². The molecule has 1 amide bonds. The molecule has 1 N–H and O–H groups in total. The molecule has 0 atom stereocenters. The summed E-state index contributed by atoms with van der Waals surface area (Å²) in [5, 5.41) is 4.63. The van der Waals surface area contributed by atoms with Gasteiger partial charge in [0.2, 0.25) is 10.0 Å². The van der Waals surface area contributed by atoms with Gasteiger partial charge in [0.1, 0.15) is 5.75 Å². The molecule has 3 rings (SSSR count). The van der Waals surface area contributed by atoms with E-state index in [1.165, 1.54) is 25.5 Å². The molecular weight excluding hydrogens is 497 g/mol. The van der Waals surface area contributed by atoms with Crippen LogP contribution in [0.4, 0.5) is 0 Å². The molecular formula is C24H23Cl2N3O4S. The zero-order valence-electron chi connectivity index (χ0n) is 18.3. The number of ether oxygens (including phenoxy) is 1. The van der Waals surface area contributed by atoms with E-state index in [2.05, 4.69) is 10.5 Å². The Morgan fingerprint density at radius 3 is 2.26 bits per heavy atom. The maximum atomic E-state index is 13.3. The molecule has 0 unspecified atom stereocenters. The quantitative estimate of drug-likeness (QED) is 0.318. The Morgan fingerprint density at radius 2 is 1.65 bits per heavy atom. The highest BCUT2D eigenvalue weighted by atomic mass is 35.5. The molecule has 178 valence electrons. The fourth-order valence-electron chi connectivity index (χ4n) is 3.08. The van der Waals surface area contributed by atoms with E-state index >= 15 is 0 Å². The number of amides is 1. The van der Waals surface area contributed by atoms with Crippen LogP contribution >= 0.6 is 23.2 Å². The molecule has 3 aromatic carbocycles. The van der Waals surface area contributed by atoms with Crippen LogP contribution in [0.15, 0.2) is 82.8 Å². The summed E-state index contributed by atoms with van der Waals surface area (Å²) in [6.45, 7) is -0.319. The van der Waals surface area contributed by atoms with Crippen LogP contribution < -0.4 is 10.2 Å². The van der Waals surface area contributed by atoms with Gasteiger partial charge >= 0.3 is 0 Å². The van der Waals surface area contributed by atoms with Crippen LogP contribution in [-0.4, -0.2) is 45.0 Å². The van der Waals surface area contributed by atoms with Gasteiger partial charge in [0, 0.05) is 12.1 Å². The first-order valence-electron chi connectivity index (χ1n) is 10.3. The van der Waals surface area contributed by atoms with E-state index in [1.807, 2.05) is 30.3 Å². The molecule has 0 aliphatic carbocycles. The minimum absolute atomic E-state index is 0.0560. The lowest BCUT2D eigenvalue weighted by Crippen LogP contribution is -2.40. The van der Waals surface area contributed by atoms with Crippen LogP contribution in [0.5, 0.6) is 5.75 Å². The maximum absolute atomic E-state index is 13.3. The second-order valence-corrected chi connectivity index (χ2v) is 9.93. The Morgan fingerprint density at radius 1 is 1.00 bits per heavy atom. The van der Waals surface area contributed by atoms with Gasteiger partial charge in [-0.05, 0) is 48.4 Å². The van der Waals surface area contributed by atoms with E-state index in [9.17, 15) is 13.2 Å². The average molecular weight is 520 g/mol. The number of sulfonamides is 1. The third kappa shape index (κ3) is 6.80. The summed E-state index contributed by atoms with van der Waals surface area (Å²) < 4.78 is 32.8. The number of hydrogen-bond donors (Lipinski definition) is 1. The normalized spacial score (nSPS) is 11.6. The largest absolute Gasteiger partial charge is 0.497 e. The average Bonchev–Trinajstić information content (AvgIpc) is 2.84. The summed E-state index contributed by atoms with van der Waals surface area (Å²) in [5.74, 6) is -0.0790. The van der Waals surface area contributed by atoms with Crippen molar-refractivity contribution < 1.29 is 17.9 Å². The van der Waals surface area contributed by atoms with E-state index < -0.39 is 22.5 Å². The number of rotatable bonds is 10. The molecule has 0 heterocycles. The van der Waals surface area contributed by atoms with E-state index in [-0.39, 0.29) is 11.4 Å². The minimum atomic E-state index is -3.96. The Bertz CT molecular complexity index is 1230. The highest BCUT2D eigenvalue weighted by Gasteiger charge is 2.26. The van der Waals surface area contributed by atoms with Gasteiger partial charge in [-0.25, -0.2) is 13.8 Å². The van der Waals surface area contributed by atoms with Crippen molar-refractivity contribution in [1.29, 1.82) is 0 Å². The van der Waals surface area contributed by atoms with Crippen LogP contribution in [-0.2, 0) is 21.2 Å². The second-order valence-electron chi connectivity index (χ2n) is 7.18. The lowest BCUT2D eigenvalue weighted by Gasteiger charge is -2.21. The van der Waals surface area contributed by atoms with Crippen molar-refractivity contribution >= 4 is 45.3 Å². The summed E-state index contributed by atoms with van der Waals surface area (Å²) >= 11 is 12.2. The number of benzene rings is 3. The number of methoxy groups -OCH3 is 1. The molecule has 0 fully saturated rings. The van der Waals surface area contributed by atoms with E-state index in [0.717, 1.165) is 9.87 Å². The lowest BCUT2D eigenvalue weighted by molar-refractivity contribution is -0.121. The Hall–Kier alpha value is -2.91. The minimum Gasteiger partial charge on any atom is -0.497 e. The SMILES string of the molecule is COc1ccc(S(=O)(=O)N(CCc2ccccc2)CC(=O)N/N=C\c2c(Cl)cccc2Cl)cc1. The van der Waals surface area contributed by atoms with Gasteiger partial charge in [0.25, 0.3) is 5.91 Å². The number of carbonyl (C=O) groups excluding carboxylic acids is 1. The third-order valence-electron chi connectivity index (χ3n) is 4.89. The molecule has 7 nitrogen and oxygen atoms in total. The molecule has 0 saturated heterocycles. The fraction of sp³-hybridized carbons (Fsp3) is 0.167. The maximum Gasteiger partial charge on any atom is 0.255 e. The predicted octanol–water partition coefficient (Wildman–Crippen LogP) is 4.39. The van der Waals surface area contributed by atoms with Crippen molar-refractivity contribution in [3.05, 3.63) is 94.0 Å². The molecule has 34 heavy (non-hydrogen) atoms. The van der Waals surface area contributed by atoms with Gasteiger partial charge < -0.3 is 4.74 Å². The van der Waals surface area contributed by atoms with Crippen molar-refractivity contribution in [1.82, 2.24) is 9.73 Å². The second kappa shape index (κ2) is 12.0. The number of hydrogen-bond acceptors (Lipinski definition) is 5. The van der Waals surface area contributed by atoms with Crippen LogP contribution in [0.2, 0.25) is 10.0 Å². The van der Waals surface area contributed by atoms with Crippen molar-refractivity contribution in [2.75, 3.05) is 20.2 Å². The molecule has 0 spiro atoms. The highest BCUT2D eigenvalue weighted by molar-refractivity contribution is 7.89. The standard InChI is InChI=1S/C24H23Cl2N3O4S/c1-33-19-10-12-20(13-11-19)34(31,32)29(15-14-18-6-3-2-4-7-18)17-24(30)28-27-16-21-22(25)8-5-9-23(21)26/h2-13,16H,14-15,17H2,1H3,(H,28,30)/b27-16-. The molecule has 0 saturated carbocycles. The highest BCUT2D eigenvalue weighted by Crippen LogP contribution is 2.22. The first-order valence-corrected chi connectivity index (χ1v) is 12.4. The molecule has 0 radical (unpaired) electrons. The van der Waals surface area contributed by atoms with Gasteiger partial charge in [-0.1, -0.05) is 59.6 Å². The van der Waals surface area contributed by atoms with E-state index in [4.69, 9.17) is 27.9 Å². The summed E-state index contributed by atoms with van der Waals surface area (Å²) in [5.41, 5.74) is 3.73.